The van der Waals surface area contributed by atoms with E-state index in [1.54, 1.807) is 6.20 Å². The van der Waals surface area contributed by atoms with Crippen molar-refractivity contribution >= 4 is 82.3 Å². The maximum Gasteiger partial charge on any atom is 0.160 e. The number of aliphatic imine (C=N–C) groups is 2. The van der Waals surface area contributed by atoms with Crippen molar-refractivity contribution in [2.24, 2.45) is 9.98 Å². The molecule has 0 N–H and O–H groups in total. The molecule has 0 fully saturated rings. The number of fused-ring (bicyclic) bond motifs is 9. The molecule has 50 heavy (non-hydrogen) atoms. The molecule has 1 aliphatic rings. The van der Waals surface area contributed by atoms with Gasteiger partial charge in [-0.15, -0.1) is 0 Å². The summed E-state index contributed by atoms with van der Waals surface area (Å²) in [6.07, 6.45) is 9.00. The van der Waals surface area contributed by atoms with E-state index in [4.69, 9.17) is 14.4 Å². The summed E-state index contributed by atoms with van der Waals surface area (Å²) in [5.74, 6) is 0.689. The van der Waals surface area contributed by atoms with Gasteiger partial charge in [0.25, 0.3) is 0 Å². The average Bonchev–Trinajstić information content (AvgIpc) is 3.55. The molecule has 0 radical (unpaired) electrons. The molecule has 0 amide bonds. The fraction of sp³-hybridized carbons (Fsp3) is 0.0667. The van der Waals surface area contributed by atoms with E-state index in [2.05, 4.69) is 120 Å². The van der Waals surface area contributed by atoms with Crippen molar-refractivity contribution in [2.75, 3.05) is 0 Å². The molecule has 0 aliphatic carbocycles. The van der Waals surface area contributed by atoms with Gasteiger partial charge in [0.15, 0.2) is 11.4 Å². The van der Waals surface area contributed by atoms with Crippen molar-refractivity contribution in [3.05, 3.63) is 162 Å². The topological polar surface area (TPSA) is 63.6 Å². The summed E-state index contributed by atoms with van der Waals surface area (Å²) in [5, 5.41) is 11.3. The number of benzene rings is 6. The van der Waals surface area contributed by atoms with Crippen molar-refractivity contribution in [1.29, 1.82) is 0 Å². The molecule has 6 aromatic carbocycles. The summed E-state index contributed by atoms with van der Waals surface area (Å²) in [7, 11) is 0. The average molecular weight is 643 g/mol. The molecule has 5 nitrogen and oxygen atoms in total. The number of furan rings is 1. The zero-order chi connectivity index (χ0) is 33.2. The van der Waals surface area contributed by atoms with Gasteiger partial charge in [-0.05, 0) is 88.0 Å². The van der Waals surface area contributed by atoms with Crippen LogP contribution in [0.1, 0.15) is 36.5 Å². The van der Waals surface area contributed by atoms with E-state index >= 15 is 0 Å². The number of allylic oxidation sites excluding steroid dienone is 1. The largest absolute Gasteiger partial charge is 0.454 e. The minimum Gasteiger partial charge on any atom is -0.454 e. The van der Waals surface area contributed by atoms with Gasteiger partial charge in [-0.3, -0.25) is 9.97 Å². The highest BCUT2D eigenvalue weighted by Crippen LogP contribution is 2.38. The van der Waals surface area contributed by atoms with Crippen LogP contribution in [0.3, 0.4) is 0 Å². The molecule has 0 unspecified atom stereocenters. The van der Waals surface area contributed by atoms with Crippen LogP contribution in [0.25, 0.3) is 70.7 Å². The minimum atomic E-state index is 0.689. The molecule has 0 atom stereocenters. The highest BCUT2D eigenvalue weighted by Gasteiger charge is 2.22. The number of pyridine rings is 2. The molecule has 236 valence electrons. The van der Waals surface area contributed by atoms with E-state index < -0.39 is 0 Å². The van der Waals surface area contributed by atoms with Gasteiger partial charge in [0.1, 0.15) is 5.58 Å². The zero-order valence-electron chi connectivity index (χ0n) is 27.4. The Morgan fingerprint density at radius 1 is 0.520 bits per heavy atom. The van der Waals surface area contributed by atoms with Gasteiger partial charge in [0, 0.05) is 56.8 Å². The first-order chi connectivity index (χ1) is 24.7. The molecule has 3 aromatic heterocycles. The Bertz CT molecular complexity index is 2950. The lowest BCUT2D eigenvalue weighted by Gasteiger charge is -2.19. The van der Waals surface area contributed by atoms with E-state index in [9.17, 15) is 0 Å². The molecule has 0 bridgehead atoms. The highest BCUT2D eigenvalue weighted by atomic mass is 16.3. The van der Waals surface area contributed by atoms with Gasteiger partial charge >= 0.3 is 0 Å². The normalized spacial score (nSPS) is 15.5. The van der Waals surface area contributed by atoms with Crippen molar-refractivity contribution in [3.63, 3.8) is 0 Å². The third kappa shape index (κ3) is 4.55. The van der Waals surface area contributed by atoms with Crippen LogP contribution in [0, 0.1) is 0 Å². The fourth-order valence-electron chi connectivity index (χ4n) is 7.66. The molecule has 0 saturated carbocycles. The Morgan fingerprint density at radius 2 is 1.34 bits per heavy atom. The predicted molar refractivity (Wildman–Crippen MR) is 207 cm³/mol. The van der Waals surface area contributed by atoms with Crippen LogP contribution in [0.2, 0.25) is 0 Å². The quantitative estimate of drug-likeness (QED) is 0.180. The molecular formula is C45H30N4O. The second-order valence-corrected chi connectivity index (χ2v) is 13.1. The minimum absolute atomic E-state index is 0.689. The lowest BCUT2D eigenvalue weighted by Crippen LogP contribution is -2.11. The lowest BCUT2D eigenvalue weighted by atomic mass is 9.92. The van der Waals surface area contributed by atoms with Crippen molar-refractivity contribution < 1.29 is 4.42 Å². The van der Waals surface area contributed by atoms with Crippen LogP contribution in [0.15, 0.2) is 160 Å². The third-order valence-corrected chi connectivity index (χ3v) is 10.1. The zero-order valence-corrected chi connectivity index (χ0v) is 27.4. The van der Waals surface area contributed by atoms with Gasteiger partial charge in [-0.1, -0.05) is 84.9 Å². The van der Waals surface area contributed by atoms with E-state index in [0.29, 0.717) is 5.84 Å². The number of amidine groups is 1. The van der Waals surface area contributed by atoms with Gasteiger partial charge < -0.3 is 4.42 Å². The molecule has 9 aromatic rings. The van der Waals surface area contributed by atoms with Gasteiger partial charge in [0.05, 0.1) is 17.6 Å². The Morgan fingerprint density at radius 3 is 2.28 bits per heavy atom. The number of rotatable bonds is 3. The summed E-state index contributed by atoms with van der Waals surface area (Å²) in [4.78, 5) is 20.0. The fourth-order valence-corrected chi connectivity index (χ4v) is 7.66. The van der Waals surface area contributed by atoms with Crippen LogP contribution >= 0.6 is 0 Å². The van der Waals surface area contributed by atoms with E-state index in [1.165, 1.54) is 21.7 Å². The number of hydrogen-bond acceptors (Lipinski definition) is 5. The molecule has 4 heterocycles. The number of nitrogens with zero attached hydrogens (tertiary/aromatic N) is 4. The molecule has 5 heteroatoms. The molecule has 0 spiro atoms. The summed E-state index contributed by atoms with van der Waals surface area (Å²) >= 11 is 0. The van der Waals surface area contributed by atoms with E-state index in [-0.39, 0.29) is 0 Å². The molecular weight excluding hydrogens is 613 g/mol. The van der Waals surface area contributed by atoms with Crippen molar-refractivity contribution in [3.8, 4) is 0 Å². The first kappa shape index (κ1) is 28.5. The lowest BCUT2D eigenvalue weighted by molar-refractivity contribution is 0.667. The highest BCUT2D eigenvalue weighted by molar-refractivity contribution is 6.29. The Balaban J connectivity index is 1.31. The monoisotopic (exact) mass is 642 g/mol. The standard InChI is InChI=1S/C45H30N4O/c1-27-13-18-39(35-11-6-12-40-43(35)36-20-22-47-26-41(36)50-40)48-45(49-44(27)32-15-14-28-7-2-3-9-30(28)23-32)37-24-31-19-21-46-25-38(31)34-17-16-29-8-4-5-10-33(29)42(34)37/h2-12,14-17,19-26H,13,18H2,1H3/b44-27+,48-39?,49-45?. The number of aromatic nitrogens is 2. The van der Waals surface area contributed by atoms with E-state index in [1.807, 2.05) is 30.7 Å². The van der Waals surface area contributed by atoms with Crippen LogP contribution in [-0.2, 0) is 0 Å². The molecule has 1 aliphatic heterocycles. The van der Waals surface area contributed by atoms with Crippen LogP contribution in [0.4, 0.5) is 0 Å². The Kier molecular flexibility index (Phi) is 6.46. The first-order valence-corrected chi connectivity index (χ1v) is 17.0. The Hall–Kier alpha value is -6.46. The SMILES string of the molecule is C/C1=C(/c2ccc3ccccc3c2)N=C(c2cc3ccncc3c3ccc4ccccc4c23)N=C(c2cccc3oc4cnccc4c23)CC1. The van der Waals surface area contributed by atoms with Gasteiger partial charge in [-0.25, -0.2) is 9.98 Å². The third-order valence-electron chi connectivity index (χ3n) is 10.1. The predicted octanol–water partition coefficient (Wildman–Crippen LogP) is 11.4. The summed E-state index contributed by atoms with van der Waals surface area (Å²) < 4.78 is 6.27. The van der Waals surface area contributed by atoms with Crippen LogP contribution in [0.5, 0.6) is 0 Å². The van der Waals surface area contributed by atoms with Gasteiger partial charge in [0.2, 0.25) is 0 Å². The first-order valence-electron chi connectivity index (χ1n) is 17.0. The second kappa shape index (κ2) is 11.3. The smallest absolute Gasteiger partial charge is 0.160 e. The summed E-state index contributed by atoms with van der Waals surface area (Å²) in [6, 6.07) is 40.7. The van der Waals surface area contributed by atoms with Gasteiger partial charge in [-0.2, -0.15) is 0 Å². The van der Waals surface area contributed by atoms with Crippen LogP contribution < -0.4 is 0 Å². The molecule has 10 rings (SSSR count). The Labute approximate surface area is 288 Å². The van der Waals surface area contributed by atoms with Crippen molar-refractivity contribution in [1.82, 2.24) is 9.97 Å². The molecule has 0 saturated heterocycles. The van der Waals surface area contributed by atoms with E-state index in [0.717, 1.165) is 89.8 Å². The summed E-state index contributed by atoms with van der Waals surface area (Å²) in [6.45, 7) is 2.22. The maximum atomic E-state index is 6.27. The van der Waals surface area contributed by atoms with Crippen LogP contribution in [-0.4, -0.2) is 21.5 Å². The second-order valence-electron chi connectivity index (χ2n) is 13.1. The maximum absolute atomic E-state index is 6.27. The summed E-state index contributed by atoms with van der Waals surface area (Å²) in [5.41, 5.74) is 7.90. The van der Waals surface area contributed by atoms with Crippen molar-refractivity contribution in [2.45, 2.75) is 19.8 Å². The number of hydrogen-bond donors (Lipinski definition) is 0.